The van der Waals surface area contributed by atoms with E-state index in [4.69, 9.17) is 9.72 Å². The third kappa shape index (κ3) is 4.27. The first-order valence-electron chi connectivity index (χ1n) is 11.9. The van der Waals surface area contributed by atoms with Crippen LogP contribution in [0.15, 0.2) is 59.4 Å². The Bertz CT molecular complexity index is 1170. The van der Waals surface area contributed by atoms with Crippen molar-refractivity contribution in [3.8, 4) is 11.5 Å². The molecule has 2 atom stereocenters. The van der Waals surface area contributed by atoms with Crippen molar-refractivity contribution in [2.75, 3.05) is 11.6 Å². The van der Waals surface area contributed by atoms with Crippen LogP contribution in [0.4, 0.5) is 11.6 Å². The van der Waals surface area contributed by atoms with Gasteiger partial charge in [0.1, 0.15) is 11.5 Å². The average molecular weight is 445 g/mol. The Morgan fingerprint density at radius 1 is 0.909 bits per heavy atom. The van der Waals surface area contributed by atoms with Crippen molar-refractivity contribution in [3.63, 3.8) is 0 Å². The number of benzene rings is 2. The van der Waals surface area contributed by atoms with E-state index < -0.39 is 0 Å². The maximum absolute atomic E-state index is 13.2. The summed E-state index contributed by atoms with van der Waals surface area (Å²) in [4.78, 5) is 22.7. The van der Waals surface area contributed by atoms with Crippen LogP contribution in [0.5, 0.6) is 11.5 Å². The Morgan fingerprint density at radius 3 is 2.33 bits per heavy atom. The Morgan fingerprint density at radius 2 is 1.61 bits per heavy atom. The highest BCUT2D eigenvalue weighted by atomic mass is 16.5. The van der Waals surface area contributed by atoms with Crippen LogP contribution >= 0.6 is 0 Å². The van der Waals surface area contributed by atoms with Gasteiger partial charge in [-0.2, -0.15) is 0 Å². The van der Waals surface area contributed by atoms with Gasteiger partial charge >= 0.3 is 0 Å². The molecule has 1 aromatic heterocycles. The second-order valence-corrected chi connectivity index (χ2v) is 9.39. The van der Waals surface area contributed by atoms with E-state index in [1.165, 1.54) is 25.7 Å². The number of hydrogen-bond acceptors (Lipinski definition) is 5. The fourth-order valence-electron chi connectivity index (χ4n) is 5.11. The summed E-state index contributed by atoms with van der Waals surface area (Å²) in [6.07, 6.45) is 4.99. The van der Waals surface area contributed by atoms with E-state index in [-0.39, 0.29) is 5.56 Å². The SMILES string of the molecule is Cc1nc2n(c(=O)c1C)CN(C1CCCCC1C)CN2c1ccc(Oc2ccccc2)cc1. The molecule has 33 heavy (non-hydrogen) atoms. The van der Waals surface area contributed by atoms with Gasteiger partial charge < -0.3 is 4.74 Å². The minimum absolute atomic E-state index is 0.0553. The summed E-state index contributed by atoms with van der Waals surface area (Å²) in [6, 6.07) is 18.3. The number of para-hydroxylation sites is 1. The number of ether oxygens (including phenoxy) is 1. The van der Waals surface area contributed by atoms with Crippen LogP contribution in [-0.2, 0) is 6.67 Å². The van der Waals surface area contributed by atoms with Crippen molar-refractivity contribution < 1.29 is 4.74 Å². The van der Waals surface area contributed by atoms with Gasteiger partial charge in [-0.25, -0.2) is 4.98 Å². The first kappa shape index (κ1) is 21.7. The number of nitrogens with zero attached hydrogens (tertiary/aromatic N) is 4. The number of hydrogen-bond donors (Lipinski definition) is 0. The van der Waals surface area contributed by atoms with Crippen molar-refractivity contribution in [2.45, 2.75) is 59.2 Å². The summed E-state index contributed by atoms with van der Waals surface area (Å²) in [5, 5.41) is 0. The van der Waals surface area contributed by atoms with Crippen molar-refractivity contribution in [1.29, 1.82) is 0 Å². The van der Waals surface area contributed by atoms with Crippen LogP contribution in [0.3, 0.4) is 0 Å². The smallest absolute Gasteiger partial charge is 0.259 e. The van der Waals surface area contributed by atoms with Gasteiger partial charge in [0, 0.05) is 23.0 Å². The lowest BCUT2D eigenvalue weighted by Crippen LogP contribution is -2.53. The van der Waals surface area contributed by atoms with E-state index in [1.807, 2.05) is 60.9 Å². The first-order chi connectivity index (χ1) is 16.0. The van der Waals surface area contributed by atoms with Crippen molar-refractivity contribution in [2.24, 2.45) is 5.92 Å². The summed E-state index contributed by atoms with van der Waals surface area (Å²) < 4.78 is 7.82. The van der Waals surface area contributed by atoms with Crippen molar-refractivity contribution in [3.05, 3.63) is 76.2 Å². The minimum atomic E-state index is 0.0553. The molecule has 0 bridgehead atoms. The summed E-state index contributed by atoms with van der Waals surface area (Å²) in [7, 11) is 0. The van der Waals surface area contributed by atoms with Crippen LogP contribution < -0.4 is 15.2 Å². The van der Waals surface area contributed by atoms with E-state index in [0.29, 0.717) is 18.6 Å². The van der Waals surface area contributed by atoms with Crippen LogP contribution in [0.2, 0.25) is 0 Å². The van der Waals surface area contributed by atoms with E-state index in [2.05, 4.69) is 28.9 Å². The molecule has 0 N–H and O–H groups in total. The molecular formula is C27H32N4O2. The highest BCUT2D eigenvalue weighted by Gasteiger charge is 2.34. The van der Waals surface area contributed by atoms with Gasteiger partial charge in [-0.1, -0.05) is 38.0 Å². The van der Waals surface area contributed by atoms with Gasteiger partial charge in [0.05, 0.1) is 13.3 Å². The van der Waals surface area contributed by atoms with Crippen molar-refractivity contribution >= 4 is 11.6 Å². The zero-order valence-electron chi connectivity index (χ0n) is 19.7. The topological polar surface area (TPSA) is 50.6 Å². The number of anilines is 2. The monoisotopic (exact) mass is 444 g/mol. The minimum Gasteiger partial charge on any atom is -0.457 e. The Labute approximate surface area is 195 Å². The molecule has 172 valence electrons. The van der Waals surface area contributed by atoms with Gasteiger partial charge in [-0.05, 0) is 69.0 Å². The molecule has 0 saturated heterocycles. The highest BCUT2D eigenvalue weighted by Crippen LogP contribution is 2.34. The Kier molecular flexibility index (Phi) is 5.94. The highest BCUT2D eigenvalue weighted by molar-refractivity contribution is 5.59. The standard InChI is InChI=1S/C27H32N4O2/c1-19-9-7-8-12-25(19)29-17-30(27-28-21(3)20(2)26(32)31(27)18-29)22-13-15-24(16-14-22)33-23-10-5-4-6-11-23/h4-6,10-11,13-16,19,25H,7-9,12,17-18H2,1-3H3. The zero-order chi connectivity index (χ0) is 22.9. The molecule has 6 nitrogen and oxygen atoms in total. The molecule has 5 rings (SSSR count). The average Bonchev–Trinajstić information content (AvgIpc) is 2.84. The predicted molar refractivity (Wildman–Crippen MR) is 131 cm³/mol. The van der Waals surface area contributed by atoms with Crippen LogP contribution in [0, 0.1) is 19.8 Å². The molecule has 2 aromatic carbocycles. The number of aryl methyl sites for hydroxylation is 1. The molecule has 1 fully saturated rings. The maximum Gasteiger partial charge on any atom is 0.259 e. The van der Waals surface area contributed by atoms with Crippen LogP contribution in [-0.4, -0.2) is 27.2 Å². The molecule has 1 aliphatic carbocycles. The molecule has 2 heterocycles. The zero-order valence-corrected chi connectivity index (χ0v) is 19.7. The molecular weight excluding hydrogens is 412 g/mol. The molecule has 2 aliphatic rings. The lowest BCUT2D eigenvalue weighted by atomic mass is 9.85. The second kappa shape index (κ2) is 9.02. The van der Waals surface area contributed by atoms with Crippen molar-refractivity contribution in [1.82, 2.24) is 14.5 Å². The third-order valence-electron chi connectivity index (χ3n) is 7.17. The van der Waals surface area contributed by atoms with Crippen LogP contribution in [0.25, 0.3) is 0 Å². The molecule has 0 spiro atoms. The molecule has 0 amide bonds. The Balaban J connectivity index is 1.49. The largest absolute Gasteiger partial charge is 0.457 e. The van der Waals surface area contributed by atoms with E-state index >= 15 is 0 Å². The summed E-state index contributed by atoms with van der Waals surface area (Å²) in [6.45, 7) is 7.47. The second-order valence-electron chi connectivity index (χ2n) is 9.39. The molecule has 2 unspecified atom stereocenters. The van der Waals surface area contributed by atoms with Gasteiger partial charge in [0.2, 0.25) is 5.95 Å². The molecule has 6 heteroatoms. The molecule has 3 aromatic rings. The van der Waals surface area contributed by atoms with E-state index in [1.54, 1.807) is 0 Å². The molecule has 0 radical (unpaired) electrons. The lowest BCUT2D eigenvalue weighted by Gasteiger charge is -2.45. The predicted octanol–water partition coefficient (Wildman–Crippen LogP) is 5.60. The summed E-state index contributed by atoms with van der Waals surface area (Å²) in [5.41, 5.74) is 2.58. The fourth-order valence-corrected chi connectivity index (χ4v) is 5.11. The van der Waals surface area contributed by atoms with E-state index in [9.17, 15) is 4.79 Å². The normalized spacial score (nSPS) is 21.0. The number of fused-ring (bicyclic) bond motifs is 1. The van der Waals surface area contributed by atoms with Crippen LogP contribution in [0.1, 0.15) is 43.9 Å². The summed E-state index contributed by atoms with van der Waals surface area (Å²) in [5.74, 6) is 2.94. The molecule has 1 aliphatic heterocycles. The molecule has 1 saturated carbocycles. The van der Waals surface area contributed by atoms with E-state index in [0.717, 1.165) is 41.1 Å². The van der Waals surface area contributed by atoms with Gasteiger partial charge in [-0.15, -0.1) is 0 Å². The van der Waals surface area contributed by atoms with Gasteiger partial charge in [0.25, 0.3) is 5.56 Å². The Hall–Kier alpha value is -3.12. The quantitative estimate of drug-likeness (QED) is 0.524. The summed E-state index contributed by atoms with van der Waals surface area (Å²) >= 11 is 0. The van der Waals surface area contributed by atoms with Gasteiger partial charge in [0.15, 0.2) is 0 Å². The lowest BCUT2D eigenvalue weighted by molar-refractivity contribution is 0.0723. The first-order valence-corrected chi connectivity index (χ1v) is 11.9. The fraction of sp³-hybridized carbons (Fsp3) is 0.407. The number of aromatic nitrogens is 2. The van der Waals surface area contributed by atoms with Gasteiger partial charge in [-0.3, -0.25) is 19.2 Å². The number of rotatable bonds is 4. The third-order valence-corrected chi connectivity index (χ3v) is 7.17. The maximum atomic E-state index is 13.2.